The highest BCUT2D eigenvalue weighted by Gasteiger charge is 2.26. The van der Waals surface area contributed by atoms with Crippen molar-refractivity contribution in [3.05, 3.63) is 59.4 Å². The minimum Gasteiger partial charge on any atom is -0.308 e. The van der Waals surface area contributed by atoms with Crippen molar-refractivity contribution in [3.8, 4) is 0 Å². The van der Waals surface area contributed by atoms with E-state index in [9.17, 15) is 17.6 Å². The van der Waals surface area contributed by atoms with Gasteiger partial charge in [0.05, 0.1) is 4.90 Å². The third-order valence-corrected chi connectivity index (χ3v) is 6.37. The van der Waals surface area contributed by atoms with Crippen molar-refractivity contribution in [3.63, 3.8) is 0 Å². The maximum atomic E-state index is 13.1. The summed E-state index contributed by atoms with van der Waals surface area (Å²) in [6.07, 6.45) is 2.14. The number of nitrogens with one attached hydrogen (secondary N) is 1. The molecule has 2 aromatic carbocycles. The maximum absolute atomic E-state index is 13.1. The van der Waals surface area contributed by atoms with Crippen LogP contribution >= 0.6 is 0 Å². The largest absolute Gasteiger partial charge is 0.308 e. The lowest BCUT2D eigenvalue weighted by atomic mass is 10.0. The Balaban J connectivity index is 1.91. The van der Waals surface area contributed by atoms with E-state index >= 15 is 0 Å². The number of sulfonamides is 1. The zero-order valence-electron chi connectivity index (χ0n) is 15.4. The zero-order valence-corrected chi connectivity index (χ0v) is 16.2. The van der Waals surface area contributed by atoms with Crippen LogP contribution in [0.2, 0.25) is 0 Å². The predicted molar refractivity (Wildman–Crippen MR) is 103 cm³/mol. The number of halogens is 1. The van der Waals surface area contributed by atoms with Crippen LogP contribution in [-0.2, 0) is 16.4 Å². The van der Waals surface area contributed by atoms with Gasteiger partial charge in [0.25, 0.3) is 5.91 Å². The van der Waals surface area contributed by atoms with Crippen LogP contribution in [0.3, 0.4) is 0 Å². The summed E-state index contributed by atoms with van der Waals surface area (Å²) < 4.78 is 40.8. The van der Waals surface area contributed by atoms with Crippen molar-refractivity contribution in [2.24, 2.45) is 0 Å². The van der Waals surface area contributed by atoms with Gasteiger partial charge in [0.1, 0.15) is 5.82 Å². The van der Waals surface area contributed by atoms with Crippen LogP contribution < -0.4 is 9.62 Å². The lowest BCUT2D eigenvalue weighted by Crippen LogP contribution is -2.36. The number of anilines is 1. The van der Waals surface area contributed by atoms with Crippen molar-refractivity contribution in [1.82, 2.24) is 4.72 Å². The zero-order chi connectivity index (χ0) is 19.6. The molecule has 1 aliphatic heterocycles. The number of hydrogen-bond donors (Lipinski definition) is 1. The van der Waals surface area contributed by atoms with Crippen LogP contribution in [0.15, 0.2) is 47.4 Å². The highest BCUT2D eigenvalue weighted by molar-refractivity contribution is 7.89. The smallest absolute Gasteiger partial charge is 0.258 e. The molecule has 1 heterocycles. The molecule has 0 aliphatic carbocycles. The quantitative estimate of drug-likeness (QED) is 0.850. The maximum Gasteiger partial charge on any atom is 0.258 e. The van der Waals surface area contributed by atoms with Crippen molar-refractivity contribution in [2.75, 3.05) is 11.4 Å². The second kappa shape index (κ2) is 7.78. The summed E-state index contributed by atoms with van der Waals surface area (Å²) >= 11 is 0. The third kappa shape index (κ3) is 4.20. The number of carbonyl (C=O) groups excluding carboxylic acids is 1. The minimum absolute atomic E-state index is 0.150. The van der Waals surface area contributed by atoms with Crippen LogP contribution in [0.1, 0.15) is 42.6 Å². The summed E-state index contributed by atoms with van der Waals surface area (Å²) in [7, 11) is -3.59. The molecule has 1 amide bonds. The van der Waals surface area contributed by atoms with E-state index in [1.54, 1.807) is 17.0 Å². The topological polar surface area (TPSA) is 66.5 Å². The number of nitrogens with zero attached hydrogens (tertiary/aromatic N) is 1. The van der Waals surface area contributed by atoms with Crippen molar-refractivity contribution in [1.29, 1.82) is 0 Å². The molecular formula is C20H23FN2O3S. The van der Waals surface area contributed by atoms with Gasteiger partial charge in [-0.3, -0.25) is 4.79 Å². The Bertz CT molecular complexity index is 942. The van der Waals surface area contributed by atoms with Gasteiger partial charge in [0, 0.05) is 23.8 Å². The summed E-state index contributed by atoms with van der Waals surface area (Å²) in [5.41, 5.74) is 1.93. The first-order chi connectivity index (χ1) is 12.8. The average Bonchev–Trinajstić information content (AvgIpc) is 2.66. The lowest BCUT2D eigenvalue weighted by Gasteiger charge is -2.30. The highest BCUT2D eigenvalue weighted by atomic mass is 32.2. The molecule has 3 rings (SSSR count). The van der Waals surface area contributed by atoms with Gasteiger partial charge in [0.2, 0.25) is 10.0 Å². The number of benzene rings is 2. The van der Waals surface area contributed by atoms with E-state index in [2.05, 4.69) is 4.72 Å². The van der Waals surface area contributed by atoms with E-state index < -0.39 is 15.8 Å². The standard InChI is InChI=1S/C20H23FN2O3S/c1-3-14(2)22-27(25,26)18-10-11-19-16(13-18)5-4-12-23(19)20(24)15-6-8-17(21)9-7-15/h6-11,13-14,22H,3-5,12H2,1-2H3. The van der Waals surface area contributed by atoms with Gasteiger partial charge in [-0.05, 0) is 74.2 Å². The molecule has 2 aromatic rings. The van der Waals surface area contributed by atoms with Crippen LogP contribution in [-0.4, -0.2) is 26.9 Å². The fraction of sp³-hybridized carbons (Fsp3) is 0.350. The van der Waals surface area contributed by atoms with Crippen LogP contribution in [0.5, 0.6) is 0 Å². The molecule has 144 valence electrons. The van der Waals surface area contributed by atoms with E-state index in [0.717, 1.165) is 12.0 Å². The van der Waals surface area contributed by atoms with Gasteiger partial charge in [-0.15, -0.1) is 0 Å². The van der Waals surface area contributed by atoms with Crippen molar-refractivity contribution < 1.29 is 17.6 Å². The fourth-order valence-corrected chi connectivity index (χ4v) is 4.49. The van der Waals surface area contributed by atoms with Crippen molar-refractivity contribution in [2.45, 2.75) is 44.0 Å². The van der Waals surface area contributed by atoms with Gasteiger partial charge in [-0.1, -0.05) is 6.92 Å². The van der Waals surface area contributed by atoms with Crippen LogP contribution in [0.25, 0.3) is 0 Å². The summed E-state index contributed by atoms with van der Waals surface area (Å²) in [5.74, 6) is -0.612. The van der Waals surface area contributed by atoms with E-state index in [0.29, 0.717) is 30.6 Å². The Hall–Kier alpha value is -2.25. The summed E-state index contributed by atoms with van der Waals surface area (Å²) in [4.78, 5) is 14.6. The molecule has 1 unspecified atom stereocenters. The Morgan fingerprint density at radius 2 is 1.93 bits per heavy atom. The average molecular weight is 390 g/mol. The van der Waals surface area contributed by atoms with E-state index in [-0.39, 0.29) is 16.8 Å². The van der Waals surface area contributed by atoms with Crippen LogP contribution in [0.4, 0.5) is 10.1 Å². The molecule has 7 heteroatoms. The highest BCUT2D eigenvalue weighted by Crippen LogP contribution is 2.30. The number of amides is 1. The molecule has 1 N–H and O–H groups in total. The van der Waals surface area contributed by atoms with Crippen molar-refractivity contribution >= 4 is 21.6 Å². The molecule has 1 aliphatic rings. The summed E-state index contributed by atoms with van der Waals surface area (Å²) in [6.45, 7) is 4.28. The third-order valence-electron chi connectivity index (χ3n) is 4.78. The molecule has 0 aromatic heterocycles. The first-order valence-electron chi connectivity index (χ1n) is 9.04. The second-order valence-electron chi connectivity index (χ2n) is 6.79. The summed E-state index contributed by atoms with van der Waals surface area (Å²) in [6, 6.07) is 10.1. The monoisotopic (exact) mass is 390 g/mol. The van der Waals surface area contributed by atoms with Gasteiger partial charge in [-0.2, -0.15) is 0 Å². The number of carbonyl (C=O) groups is 1. The van der Waals surface area contributed by atoms with Gasteiger partial charge in [-0.25, -0.2) is 17.5 Å². The molecular weight excluding hydrogens is 367 g/mol. The second-order valence-corrected chi connectivity index (χ2v) is 8.50. The first kappa shape index (κ1) is 19.5. The molecule has 0 saturated carbocycles. The normalized spacial score (nSPS) is 15.3. The van der Waals surface area contributed by atoms with E-state index in [1.165, 1.54) is 30.3 Å². The number of fused-ring (bicyclic) bond motifs is 1. The molecule has 5 nitrogen and oxygen atoms in total. The number of aryl methyl sites for hydroxylation is 1. The molecule has 0 bridgehead atoms. The summed E-state index contributed by atoms with van der Waals surface area (Å²) in [5, 5.41) is 0. The molecule has 0 saturated heterocycles. The Labute approximate surface area is 159 Å². The van der Waals surface area contributed by atoms with Gasteiger partial charge >= 0.3 is 0 Å². The van der Waals surface area contributed by atoms with E-state index in [1.807, 2.05) is 13.8 Å². The Morgan fingerprint density at radius 3 is 2.59 bits per heavy atom. The number of hydrogen-bond acceptors (Lipinski definition) is 3. The molecule has 1 atom stereocenters. The molecule has 0 fully saturated rings. The molecule has 0 radical (unpaired) electrons. The first-order valence-corrected chi connectivity index (χ1v) is 10.5. The predicted octanol–water partition coefficient (Wildman–Crippen LogP) is 3.50. The van der Waals surface area contributed by atoms with Gasteiger partial charge < -0.3 is 4.90 Å². The molecule has 27 heavy (non-hydrogen) atoms. The Kier molecular flexibility index (Phi) is 5.62. The lowest BCUT2D eigenvalue weighted by molar-refractivity contribution is 0.0985. The Morgan fingerprint density at radius 1 is 1.22 bits per heavy atom. The number of rotatable bonds is 5. The fourth-order valence-electron chi connectivity index (χ4n) is 3.12. The SMILES string of the molecule is CCC(C)NS(=O)(=O)c1ccc2c(c1)CCCN2C(=O)c1ccc(F)cc1. The van der Waals surface area contributed by atoms with Crippen LogP contribution in [0, 0.1) is 5.82 Å². The minimum atomic E-state index is -3.59. The molecule has 0 spiro atoms. The van der Waals surface area contributed by atoms with E-state index in [4.69, 9.17) is 0 Å². The van der Waals surface area contributed by atoms with Gasteiger partial charge in [0.15, 0.2) is 0 Å².